The van der Waals surface area contributed by atoms with Crippen molar-refractivity contribution in [1.82, 2.24) is 9.97 Å². The van der Waals surface area contributed by atoms with Gasteiger partial charge in [-0.25, -0.2) is 10.4 Å². The van der Waals surface area contributed by atoms with E-state index in [1.165, 1.54) is 12.3 Å². The van der Waals surface area contributed by atoms with E-state index in [0.29, 0.717) is 21.3 Å². The van der Waals surface area contributed by atoms with E-state index in [1.807, 2.05) is 0 Å². The summed E-state index contributed by atoms with van der Waals surface area (Å²) < 4.78 is 0. The number of halogens is 2. The van der Waals surface area contributed by atoms with E-state index in [1.54, 1.807) is 25.1 Å². The van der Waals surface area contributed by atoms with Crippen molar-refractivity contribution in [3.63, 3.8) is 0 Å². The van der Waals surface area contributed by atoms with Crippen molar-refractivity contribution in [3.05, 3.63) is 55.9 Å². The lowest BCUT2D eigenvalue weighted by atomic mass is 10.2. The maximum Gasteiger partial charge on any atom is 0.252 e. The van der Waals surface area contributed by atoms with Gasteiger partial charge in [-0.2, -0.15) is 5.10 Å². The zero-order valence-corrected chi connectivity index (χ0v) is 11.5. The molecule has 0 aliphatic rings. The smallest absolute Gasteiger partial charge is 0.252 e. The fourth-order valence-electron chi connectivity index (χ4n) is 1.40. The first-order chi connectivity index (χ1) is 9.04. The molecule has 0 amide bonds. The number of H-pyrrole nitrogens is 1. The zero-order valence-electron chi connectivity index (χ0n) is 9.95. The van der Waals surface area contributed by atoms with Crippen molar-refractivity contribution < 1.29 is 0 Å². The number of aromatic nitrogens is 2. The number of rotatable bonds is 3. The van der Waals surface area contributed by atoms with Crippen LogP contribution in [0.15, 0.2) is 34.2 Å². The first-order valence-corrected chi connectivity index (χ1v) is 6.12. The van der Waals surface area contributed by atoms with Crippen LogP contribution in [-0.2, 0) is 0 Å². The molecule has 98 valence electrons. The third-order valence-electron chi connectivity index (χ3n) is 2.21. The van der Waals surface area contributed by atoms with E-state index < -0.39 is 0 Å². The molecule has 2 aromatic rings. The molecule has 0 saturated heterocycles. The Hall–Kier alpha value is -1.85. The largest absolute Gasteiger partial charge is 0.291 e. The number of nitrogens with zero attached hydrogens (tertiary/aromatic N) is 2. The average molecular weight is 297 g/mol. The molecule has 1 aromatic heterocycles. The summed E-state index contributed by atoms with van der Waals surface area (Å²) in [7, 11) is 0. The van der Waals surface area contributed by atoms with Gasteiger partial charge in [0.2, 0.25) is 5.95 Å². The Morgan fingerprint density at radius 3 is 2.84 bits per heavy atom. The van der Waals surface area contributed by atoms with Gasteiger partial charge in [0.15, 0.2) is 0 Å². The van der Waals surface area contributed by atoms with Gasteiger partial charge in [-0.1, -0.05) is 29.3 Å². The third kappa shape index (κ3) is 3.81. The molecule has 19 heavy (non-hydrogen) atoms. The van der Waals surface area contributed by atoms with Crippen molar-refractivity contribution in [2.45, 2.75) is 6.92 Å². The quantitative estimate of drug-likeness (QED) is 0.676. The maximum absolute atomic E-state index is 11.2. The fourth-order valence-corrected chi connectivity index (χ4v) is 1.86. The number of hydrogen-bond acceptors (Lipinski definition) is 4. The van der Waals surface area contributed by atoms with Gasteiger partial charge >= 0.3 is 0 Å². The molecule has 0 aliphatic heterocycles. The van der Waals surface area contributed by atoms with Crippen molar-refractivity contribution >= 4 is 35.4 Å². The predicted molar refractivity (Wildman–Crippen MR) is 77.3 cm³/mol. The SMILES string of the molecule is Cc1cc(=O)[nH]c(N/N=C\c2ccc(Cl)cc2Cl)n1. The maximum atomic E-state index is 11.2. The first kappa shape index (κ1) is 13.6. The Balaban J connectivity index is 2.13. The molecule has 0 fully saturated rings. The van der Waals surface area contributed by atoms with Crippen LogP contribution in [0.4, 0.5) is 5.95 Å². The molecular formula is C12H10Cl2N4O. The second-order valence-corrected chi connectivity index (χ2v) is 4.61. The van der Waals surface area contributed by atoms with Crippen LogP contribution < -0.4 is 11.0 Å². The lowest BCUT2D eigenvalue weighted by Crippen LogP contribution is -2.10. The Morgan fingerprint density at radius 1 is 1.37 bits per heavy atom. The normalized spacial score (nSPS) is 10.9. The van der Waals surface area contributed by atoms with Crippen molar-refractivity contribution in [3.8, 4) is 0 Å². The van der Waals surface area contributed by atoms with Gasteiger partial charge in [0.05, 0.1) is 11.2 Å². The molecule has 0 radical (unpaired) electrons. The highest BCUT2D eigenvalue weighted by Crippen LogP contribution is 2.19. The van der Waals surface area contributed by atoms with Crippen LogP contribution in [0.1, 0.15) is 11.3 Å². The highest BCUT2D eigenvalue weighted by atomic mass is 35.5. The minimum Gasteiger partial charge on any atom is -0.291 e. The minimum absolute atomic E-state index is 0.241. The van der Waals surface area contributed by atoms with Crippen LogP contribution in [0.3, 0.4) is 0 Å². The van der Waals surface area contributed by atoms with E-state index in [2.05, 4.69) is 20.5 Å². The van der Waals surface area contributed by atoms with Gasteiger partial charge in [-0.15, -0.1) is 0 Å². The van der Waals surface area contributed by atoms with E-state index in [-0.39, 0.29) is 11.5 Å². The summed E-state index contributed by atoms with van der Waals surface area (Å²) in [5, 5.41) is 4.99. The summed E-state index contributed by atoms with van der Waals surface area (Å²) >= 11 is 11.8. The molecular weight excluding hydrogens is 287 g/mol. The van der Waals surface area contributed by atoms with E-state index in [4.69, 9.17) is 23.2 Å². The van der Waals surface area contributed by atoms with Gasteiger partial charge in [0.25, 0.3) is 5.56 Å². The Bertz CT molecular complexity index is 682. The molecule has 2 rings (SSSR count). The van der Waals surface area contributed by atoms with E-state index in [0.717, 1.165) is 0 Å². The third-order valence-corrected chi connectivity index (χ3v) is 2.77. The topological polar surface area (TPSA) is 70.1 Å². The lowest BCUT2D eigenvalue weighted by Gasteiger charge is -2.01. The van der Waals surface area contributed by atoms with E-state index in [9.17, 15) is 4.79 Å². The zero-order chi connectivity index (χ0) is 13.8. The molecule has 1 heterocycles. The summed E-state index contributed by atoms with van der Waals surface area (Å²) in [6.07, 6.45) is 1.51. The number of benzene rings is 1. The molecule has 0 unspecified atom stereocenters. The van der Waals surface area contributed by atoms with Crippen LogP contribution in [0.2, 0.25) is 10.0 Å². The molecule has 0 bridgehead atoms. The van der Waals surface area contributed by atoms with Crippen LogP contribution in [0, 0.1) is 6.92 Å². The van der Waals surface area contributed by atoms with Gasteiger partial charge in [0.1, 0.15) is 0 Å². The summed E-state index contributed by atoms with van der Waals surface area (Å²) in [6.45, 7) is 1.72. The number of anilines is 1. The monoisotopic (exact) mass is 296 g/mol. The number of nitrogens with one attached hydrogen (secondary N) is 2. The average Bonchev–Trinajstić information content (AvgIpc) is 2.30. The summed E-state index contributed by atoms with van der Waals surface area (Å²) in [6, 6.07) is 6.46. The van der Waals surface area contributed by atoms with Gasteiger partial charge < -0.3 is 0 Å². The highest BCUT2D eigenvalue weighted by molar-refractivity contribution is 6.36. The van der Waals surface area contributed by atoms with Crippen molar-refractivity contribution in [2.24, 2.45) is 5.10 Å². The molecule has 0 saturated carbocycles. The number of hydrazone groups is 1. The van der Waals surface area contributed by atoms with Crippen LogP contribution in [0.25, 0.3) is 0 Å². The molecule has 2 N–H and O–H groups in total. The fraction of sp³-hybridized carbons (Fsp3) is 0.0833. The number of hydrogen-bond donors (Lipinski definition) is 2. The Morgan fingerprint density at radius 2 is 2.16 bits per heavy atom. The number of aryl methyl sites for hydroxylation is 1. The second kappa shape index (κ2) is 5.86. The van der Waals surface area contributed by atoms with Crippen LogP contribution >= 0.6 is 23.2 Å². The van der Waals surface area contributed by atoms with Crippen LogP contribution in [-0.4, -0.2) is 16.2 Å². The number of aromatic amines is 1. The molecule has 0 aliphatic carbocycles. The summed E-state index contributed by atoms with van der Waals surface area (Å²) in [4.78, 5) is 17.8. The van der Waals surface area contributed by atoms with E-state index >= 15 is 0 Å². The van der Waals surface area contributed by atoms with Crippen molar-refractivity contribution in [2.75, 3.05) is 5.43 Å². The Labute approximate surface area is 119 Å². The molecule has 0 spiro atoms. The molecule has 1 aromatic carbocycles. The van der Waals surface area contributed by atoms with Crippen LogP contribution in [0.5, 0.6) is 0 Å². The van der Waals surface area contributed by atoms with Gasteiger partial charge in [0, 0.05) is 22.3 Å². The van der Waals surface area contributed by atoms with Crippen molar-refractivity contribution in [1.29, 1.82) is 0 Å². The molecule has 0 atom stereocenters. The second-order valence-electron chi connectivity index (χ2n) is 3.77. The molecule has 5 nitrogen and oxygen atoms in total. The summed E-state index contributed by atoms with van der Waals surface area (Å²) in [5.41, 5.74) is 3.69. The van der Waals surface area contributed by atoms with Gasteiger partial charge in [-0.05, 0) is 19.1 Å². The molecule has 7 heteroatoms. The standard InChI is InChI=1S/C12H10Cl2N4O/c1-7-4-11(19)17-12(16-7)18-15-6-8-2-3-9(13)5-10(8)14/h2-6H,1H3,(H2,16,17,18,19)/b15-6-. The highest BCUT2D eigenvalue weighted by Gasteiger charge is 1.99. The Kier molecular flexibility index (Phi) is 4.19. The minimum atomic E-state index is -0.241. The lowest BCUT2D eigenvalue weighted by molar-refractivity contribution is 1.04. The van der Waals surface area contributed by atoms with Gasteiger partial charge in [-0.3, -0.25) is 9.78 Å². The predicted octanol–water partition coefficient (Wildman–Crippen LogP) is 2.83. The summed E-state index contributed by atoms with van der Waals surface area (Å²) in [5.74, 6) is 0.270. The first-order valence-electron chi connectivity index (χ1n) is 5.37.